The van der Waals surface area contributed by atoms with Crippen LogP contribution in [0.5, 0.6) is 0 Å². The summed E-state index contributed by atoms with van der Waals surface area (Å²) in [5.74, 6) is 0.347. The monoisotopic (exact) mass is 333 g/mol. The van der Waals surface area contributed by atoms with Crippen LogP contribution in [-0.4, -0.2) is 39.4 Å². The molecule has 9 heteroatoms. The van der Waals surface area contributed by atoms with Crippen molar-refractivity contribution in [3.63, 3.8) is 0 Å². The first-order valence-electron chi connectivity index (χ1n) is 7.46. The fraction of sp³-hybridized carbons (Fsp3) is 0.429. The SMILES string of the molecule is Cc1cnsc1Nc1nc(N[C@@H]2CCCNC2)cnc1C(N)=O. The zero-order valence-corrected chi connectivity index (χ0v) is 13.6. The molecule has 2 aromatic heterocycles. The first-order valence-corrected chi connectivity index (χ1v) is 8.23. The van der Waals surface area contributed by atoms with E-state index in [4.69, 9.17) is 5.73 Å². The predicted octanol–water partition coefficient (Wildman–Crippen LogP) is 1.25. The van der Waals surface area contributed by atoms with Crippen molar-refractivity contribution in [1.82, 2.24) is 19.7 Å². The number of hydrogen-bond donors (Lipinski definition) is 4. The molecular weight excluding hydrogens is 314 g/mol. The first-order chi connectivity index (χ1) is 11.1. The van der Waals surface area contributed by atoms with Crippen LogP contribution in [0.4, 0.5) is 16.6 Å². The van der Waals surface area contributed by atoms with Gasteiger partial charge < -0.3 is 21.7 Å². The number of anilines is 3. The lowest BCUT2D eigenvalue weighted by atomic mass is 10.1. The Hall–Kier alpha value is -2.26. The van der Waals surface area contributed by atoms with Gasteiger partial charge in [0.25, 0.3) is 5.91 Å². The van der Waals surface area contributed by atoms with Crippen molar-refractivity contribution in [3.05, 3.63) is 23.7 Å². The van der Waals surface area contributed by atoms with E-state index in [0.29, 0.717) is 17.7 Å². The third-order valence-electron chi connectivity index (χ3n) is 3.64. The molecule has 1 aliphatic rings. The number of piperidine rings is 1. The number of nitrogens with two attached hydrogens (primary N) is 1. The number of hydrogen-bond acceptors (Lipinski definition) is 8. The number of carbonyl (C=O) groups excluding carboxylic acids is 1. The van der Waals surface area contributed by atoms with Crippen molar-refractivity contribution in [2.75, 3.05) is 23.7 Å². The summed E-state index contributed by atoms with van der Waals surface area (Å²) < 4.78 is 4.10. The average molecular weight is 333 g/mol. The van der Waals surface area contributed by atoms with Gasteiger partial charge >= 0.3 is 0 Å². The molecule has 0 unspecified atom stereocenters. The highest BCUT2D eigenvalue weighted by atomic mass is 32.1. The molecule has 2 aromatic rings. The molecule has 0 bridgehead atoms. The quantitative estimate of drug-likeness (QED) is 0.650. The normalized spacial score (nSPS) is 17.7. The summed E-state index contributed by atoms with van der Waals surface area (Å²) in [6.07, 6.45) is 5.48. The maximum atomic E-state index is 11.6. The van der Waals surface area contributed by atoms with E-state index in [1.165, 1.54) is 11.5 Å². The first kappa shape index (κ1) is 15.6. The molecule has 5 N–H and O–H groups in total. The number of primary amides is 1. The van der Waals surface area contributed by atoms with Crippen molar-refractivity contribution in [2.45, 2.75) is 25.8 Å². The highest BCUT2D eigenvalue weighted by Gasteiger charge is 2.17. The summed E-state index contributed by atoms with van der Waals surface area (Å²) >= 11 is 1.29. The van der Waals surface area contributed by atoms with Gasteiger partial charge in [0, 0.05) is 24.3 Å². The molecule has 0 radical (unpaired) electrons. The lowest BCUT2D eigenvalue weighted by Gasteiger charge is -2.24. The van der Waals surface area contributed by atoms with Gasteiger partial charge in [-0.1, -0.05) is 0 Å². The van der Waals surface area contributed by atoms with Crippen LogP contribution in [0.3, 0.4) is 0 Å². The van der Waals surface area contributed by atoms with E-state index in [1.807, 2.05) is 6.92 Å². The Bertz CT molecular complexity index is 696. The number of rotatable bonds is 5. The molecule has 1 saturated heterocycles. The summed E-state index contributed by atoms with van der Waals surface area (Å²) in [6, 6.07) is 0.301. The molecule has 1 fully saturated rings. The van der Waals surface area contributed by atoms with Crippen LogP contribution in [0.1, 0.15) is 28.9 Å². The van der Waals surface area contributed by atoms with E-state index in [-0.39, 0.29) is 5.69 Å². The van der Waals surface area contributed by atoms with E-state index >= 15 is 0 Å². The fourth-order valence-electron chi connectivity index (χ4n) is 2.43. The second-order valence-electron chi connectivity index (χ2n) is 5.47. The van der Waals surface area contributed by atoms with Crippen molar-refractivity contribution >= 4 is 34.1 Å². The number of nitrogens with zero attached hydrogens (tertiary/aromatic N) is 3. The molecule has 0 aromatic carbocycles. The van der Waals surface area contributed by atoms with Gasteiger partial charge in [0.1, 0.15) is 10.8 Å². The molecule has 0 saturated carbocycles. The fourth-order valence-corrected chi connectivity index (χ4v) is 3.08. The maximum Gasteiger partial charge on any atom is 0.271 e. The van der Waals surface area contributed by atoms with Crippen LogP contribution in [0, 0.1) is 6.92 Å². The van der Waals surface area contributed by atoms with Gasteiger partial charge in [0.15, 0.2) is 11.5 Å². The molecule has 23 heavy (non-hydrogen) atoms. The summed E-state index contributed by atoms with van der Waals surface area (Å²) in [6.45, 7) is 3.86. The number of nitrogens with one attached hydrogen (secondary N) is 3. The molecule has 3 heterocycles. The molecule has 1 atom stereocenters. The second-order valence-corrected chi connectivity index (χ2v) is 6.27. The molecule has 122 valence electrons. The summed E-state index contributed by atoms with van der Waals surface area (Å²) in [5, 5.41) is 10.6. The largest absolute Gasteiger partial charge is 0.365 e. The number of aryl methyl sites for hydroxylation is 1. The minimum absolute atomic E-state index is 0.116. The van der Waals surface area contributed by atoms with E-state index in [2.05, 4.69) is 30.3 Å². The molecule has 1 aliphatic heterocycles. The molecule has 0 spiro atoms. The van der Waals surface area contributed by atoms with Crippen LogP contribution in [-0.2, 0) is 0 Å². The van der Waals surface area contributed by atoms with Crippen LogP contribution in [0.2, 0.25) is 0 Å². The summed E-state index contributed by atoms with van der Waals surface area (Å²) in [4.78, 5) is 20.2. The second kappa shape index (κ2) is 6.88. The average Bonchev–Trinajstić information content (AvgIpc) is 2.93. The molecule has 8 nitrogen and oxygen atoms in total. The third-order valence-corrected chi connectivity index (χ3v) is 4.45. The van der Waals surface area contributed by atoms with Gasteiger partial charge in [-0.2, -0.15) is 4.37 Å². The van der Waals surface area contributed by atoms with E-state index in [0.717, 1.165) is 36.5 Å². The van der Waals surface area contributed by atoms with Crippen molar-refractivity contribution in [2.24, 2.45) is 5.73 Å². The number of aromatic nitrogens is 3. The molecule has 1 amide bonds. The zero-order valence-electron chi connectivity index (χ0n) is 12.8. The highest BCUT2D eigenvalue weighted by molar-refractivity contribution is 7.10. The Morgan fingerprint density at radius 2 is 2.35 bits per heavy atom. The standard InChI is InChI=1S/C14H19N7OS/c1-8-5-18-23-14(8)21-13-11(12(15)22)17-7-10(20-13)19-9-3-2-4-16-6-9/h5,7,9,16H,2-4,6H2,1H3,(H2,15,22)(H2,19,20,21)/t9-/m1/s1. The Labute approximate surface area is 138 Å². The van der Waals surface area contributed by atoms with Crippen molar-refractivity contribution < 1.29 is 4.79 Å². The van der Waals surface area contributed by atoms with Crippen LogP contribution >= 0.6 is 11.5 Å². The topological polar surface area (TPSA) is 118 Å². The third kappa shape index (κ3) is 3.74. The Morgan fingerprint density at radius 1 is 1.48 bits per heavy atom. The Balaban J connectivity index is 1.83. The summed E-state index contributed by atoms with van der Waals surface area (Å²) in [5.41, 5.74) is 6.48. The van der Waals surface area contributed by atoms with Crippen LogP contribution < -0.4 is 21.7 Å². The molecule has 3 rings (SSSR count). The lowest BCUT2D eigenvalue weighted by molar-refractivity contribution is 0.0996. The van der Waals surface area contributed by atoms with Gasteiger partial charge in [-0.05, 0) is 37.8 Å². The predicted molar refractivity (Wildman–Crippen MR) is 90.2 cm³/mol. The van der Waals surface area contributed by atoms with Gasteiger partial charge in [-0.3, -0.25) is 4.79 Å². The molecular formula is C14H19N7OS. The molecule has 0 aliphatic carbocycles. The number of amides is 1. The Kier molecular flexibility index (Phi) is 4.68. The van der Waals surface area contributed by atoms with Gasteiger partial charge in [-0.15, -0.1) is 0 Å². The maximum absolute atomic E-state index is 11.6. The van der Waals surface area contributed by atoms with E-state index < -0.39 is 5.91 Å². The minimum Gasteiger partial charge on any atom is -0.365 e. The van der Waals surface area contributed by atoms with E-state index in [1.54, 1.807) is 12.4 Å². The van der Waals surface area contributed by atoms with Crippen molar-refractivity contribution in [3.8, 4) is 0 Å². The van der Waals surface area contributed by atoms with Gasteiger partial charge in [0.2, 0.25) is 0 Å². The lowest BCUT2D eigenvalue weighted by Crippen LogP contribution is -2.38. The van der Waals surface area contributed by atoms with Crippen LogP contribution in [0.15, 0.2) is 12.4 Å². The smallest absolute Gasteiger partial charge is 0.271 e. The van der Waals surface area contributed by atoms with Gasteiger partial charge in [-0.25, -0.2) is 9.97 Å². The Morgan fingerprint density at radius 3 is 3.00 bits per heavy atom. The number of carbonyl (C=O) groups is 1. The zero-order chi connectivity index (χ0) is 16.2. The van der Waals surface area contributed by atoms with Gasteiger partial charge in [0.05, 0.1) is 6.20 Å². The minimum atomic E-state index is -0.618. The highest BCUT2D eigenvalue weighted by Crippen LogP contribution is 2.25. The van der Waals surface area contributed by atoms with Crippen molar-refractivity contribution in [1.29, 1.82) is 0 Å². The van der Waals surface area contributed by atoms with Crippen LogP contribution in [0.25, 0.3) is 0 Å². The van der Waals surface area contributed by atoms with E-state index in [9.17, 15) is 4.79 Å². The summed E-state index contributed by atoms with van der Waals surface area (Å²) in [7, 11) is 0.